The van der Waals surface area contributed by atoms with E-state index >= 15 is 0 Å². The van der Waals surface area contributed by atoms with E-state index in [1.807, 2.05) is 60.7 Å². The number of fused-ring (bicyclic) bond motifs is 1. The van der Waals surface area contributed by atoms with Crippen LogP contribution in [0.25, 0.3) is 33.4 Å². The predicted octanol–water partition coefficient (Wildman–Crippen LogP) is 15.7. The number of hydrogen-bond donors (Lipinski definition) is 3. The minimum absolute atomic E-state index is 0.0634. The average molecular weight is 1310 g/mol. The summed E-state index contributed by atoms with van der Waals surface area (Å²) in [5, 5.41) is 5.08. The van der Waals surface area contributed by atoms with Gasteiger partial charge in [-0.15, -0.1) is 0 Å². The van der Waals surface area contributed by atoms with Crippen molar-refractivity contribution in [1.29, 1.82) is 0 Å². The van der Waals surface area contributed by atoms with E-state index in [1.165, 1.54) is 141 Å². The van der Waals surface area contributed by atoms with Crippen molar-refractivity contribution >= 4 is 42.8 Å². The van der Waals surface area contributed by atoms with Gasteiger partial charge in [0.05, 0.1) is 69.2 Å². The zero-order valence-electron chi connectivity index (χ0n) is 55.8. The second-order valence-electron chi connectivity index (χ2n) is 23.5. The number of ether oxygens (including phenoxy) is 7. The molecule has 2 amide bonds. The molecule has 2 aromatic heterocycles. The summed E-state index contributed by atoms with van der Waals surface area (Å²) in [4.78, 5) is 74.2. The molecule has 0 saturated carbocycles. The molecule has 4 aromatic rings. The fraction of sp³-hybridized carbons (Fsp3) is 0.676. The second kappa shape index (κ2) is 52.7. The summed E-state index contributed by atoms with van der Waals surface area (Å²) < 4.78 is 61.6. The number of benzene rings is 2. The van der Waals surface area contributed by atoms with Crippen LogP contribution in [0.2, 0.25) is 0 Å². The lowest BCUT2D eigenvalue weighted by Gasteiger charge is -2.20. The Labute approximate surface area is 549 Å². The molecule has 2 heterocycles. The number of alkyl carbamates (subject to hydrolysis) is 1. The summed E-state index contributed by atoms with van der Waals surface area (Å²) in [6.45, 7) is 4.23. The average Bonchev–Trinajstić information content (AvgIpc) is 0.848. The van der Waals surface area contributed by atoms with E-state index in [9.17, 15) is 28.6 Å². The van der Waals surface area contributed by atoms with Crippen LogP contribution in [0.1, 0.15) is 219 Å². The molecule has 92 heavy (non-hydrogen) atoms. The van der Waals surface area contributed by atoms with Crippen molar-refractivity contribution in [3.8, 4) is 28.3 Å². The van der Waals surface area contributed by atoms with Gasteiger partial charge < -0.3 is 48.7 Å². The summed E-state index contributed by atoms with van der Waals surface area (Å²) >= 11 is 0. The van der Waals surface area contributed by atoms with Crippen LogP contribution in [-0.2, 0) is 56.4 Å². The van der Waals surface area contributed by atoms with Crippen LogP contribution in [0.4, 0.5) is 4.79 Å². The van der Waals surface area contributed by atoms with Gasteiger partial charge in [0.25, 0.3) is 0 Å². The number of nitrogens with zero attached hydrogens (tertiary/aromatic N) is 3. The van der Waals surface area contributed by atoms with Gasteiger partial charge in [-0.1, -0.05) is 230 Å². The number of para-hydroxylation sites is 2. The Kier molecular flexibility index (Phi) is 45.2. The molecule has 0 aliphatic heterocycles. The molecule has 0 saturated heterocycles. The highest BCUT2D eigenvalue weighted by Crippen LogP contribution is 2.43. The molecule has 2 atom stereocenters. The number of carbonyl (C=O) groups is 4. The molecule has 0 fully saturated rings. The first-order valence-electron chi connectivity index (χ1n) is 34.8. The molecule has 4 rings (SSSR count). The highest BCUT2D eigenvalue weighted by atomic mass is 31.2. The van der Waals surface area contributed by atoms with Crippen LogP contribution in [0.5, 0.6) is 5.88 Å². The summed E-state index contributed by atoms with van der Waals surface area (Å²) in [5.74, 6) is -0.839. The number of rotatable bonds is 59. The molecule has 21 heteroatoms. The molecular weight excluding hydrogens is 1190 g/mol. The molecule has 2 aromatic carbocycles. The zero-order valence-corrected chi connectivity index (χ0v) is 56.7. The molecule has 0 aliphatic rings. The number of aromatic nitrogens is 3. The number of nitrogens with one attached hydrogen (secondary N) is 2. The summed E-state index contributed by atoms with van der Waals surface area (Å²) in [7, 11) is -4.69. The molecule has 0 bridgehead atoms. The highest BCUT2D eigenvalue weighted by Gasteiger charge is 2.26. The first kappa shape index (κ1) is 78.8. The number of esters is 2. The maximum absolute atomic E-state index is 12.9. The lowest BCUT2D eigenvalue weighted by atomic mass is 10.0. The van der Waals surface area contributed by atoms with Crippen molar-refractivity contribution in [1.82, 2.24) is 25.6 Å². The van der Waals surface area contributed by atoms with Crippen molar-refractivity contribution in [2.75, 3.05) is 85.8 Å². The number of amides is 2. The van der Waals surface area contributed by atoms with Crippen LogP contribution in [-0.4, -0.2) is 136 Å². The van der Waals surface area contributed by atoms with Crippen LogP contribution in [0.15, 0.2) is 73.1 Å². The normalized spacial score (nSPS) is 12.3. The van der Waals surface area contributed by atoms with Gasteiger partial charge in [-0.2, -0.15) is 0 Å². The maximum atomic E-state index is 12.9. The third kappa shape index (κ3) is 39.8. The quantitative estimate of drug-likeness (QED) is 0.0161. The summed E-state index contributed by atoms with van der Waals surface area (Å²) in [5.41, 5.74) is 5.23. The number of phosphoric acid groups is 1. The molecule has 516 valence electrons. The van der Waals surface area contributed by atoms with Crippen molar-refractivity contribution in [2.24, 2.45) is 0 Å². The van der Waals surface area contributed by atoms with Gasteiger partial charge in [-0.25, -0.2) is 19.3 Å². The van der Waals surface area contributed by atoms with E-state index in [2.05, 4.69) is 34.4 Å². The molecule has 0 spiro atoms. The van der Waals surface area contributed by atoms with Crippen molar-refractivity contribution < 1.29 is 70.8 Å². The van der Waals surface area contributed by atoms with E-state index in [1.54, 1.807) is 12.4 Å². The van der Waals surface area contributed by atoms with E-state index in [-0.39, 0.29) is 71.5 Å². The Bertz CT molecular complexity index is 2600. The van der Waals surface area contributed by atoms with Crippen LogP contribution in [0.3, 0.4) is 0 Å². The van der Waals surface area contributed by atoms with E-state index in [4.69, 9.17) is 47.2 Å². The Balaban J connectivity index is 0.999. The lowest BCUT2D eigenvalue weighted by molar-refractivity contribution is -0.161. The minimum Gasteiger partial charge on any atom is -0.475 e. The van der Waals surface area contributed by atoms with Gasteiger partial charge in [0.15, 0.2) is 6.10 Å². The van der Waals surface area contributed by atoms with Gasteiger partial charge in [-0.3, -0.25) is 28.4 Å². The maximum Gasteiger partial charge on any atom is 0.472 e. The summed E-state index contributed by atoms with van der Waals surface area (Å²) in [6.07, 6.45) is 38.1. The fourth-order valence-corrected chi connectivity index (χ4v) is 11.1. The third-order valence-corrected chi connectivity index (χ3v) is 16.5. The summed E-state index contributed by atoms with van der Waals surface area (Å²) in [6, 6.07) is 19.6. The fourth-order valence-electron chi connectivity index (χ4n) is 10.3. The standard InChI is InChI=1S/C71H112N5O15P/c1-3-5-7-9-11-13-15-17-19-21-23-25-27-29-31-39-68(78)88-57-62(91-69(79)40-32-30-28-26-24-22-20-18-16-14-12-10-8-6-4-2)58-90-92(81,82)89-49-47-74-71(80)87-55-53-85-59-67(77)72-46-48-83-50-51-84-52-54-86-70-63(36-35-45-73-70)60-41-43-61(44-42-60)66-56-75-64-37-33-34-38-65(64)76-66/h33-38,41-45,56,62H,3-32,39-40,46-55,57-59H2,1-2H3,(H,72,77)(H,74,80)(H,81,82). The number of carbonyl (C=O) groups excluding carboxylic acids is 4. The topological polar surface area (TPSA) is 251 Å². The highest BCUT2D eigenvalue weighted by molar-refractivity contribution is 7.47. The number of hydrogen-bond acceptors (Lipinski definition) is 17. The van der Waals surface area contributed by atoms with Gasteiger partial charge in [0.1, 0.15) is 26.4 Å². The van der Waals surface area contributed by atoms with Crippen LogP contribution >= 0.6 is 7.82 Å². The smallest absolute Gasteiger partial charge is 0.472 e. The molecule has 0 aliphatic carbocycles. The Hall–Kier alpha value is -5.60. The number of unbranched alkanes of at least 4 members (excludes halogenated alkanes) is 28. The predicted molar refractivity (Wildman–Crippen MR) is 360 cm³/mol. The molecule has 3 N–H and O–H groups in total. The molecule has 20 nitrogen and oxygen atoms in total. The van der Waals surface area contributed by atoms with Gasteiger partial charge in [0, 0.05) is 43.3 Å². The largest absolute Gasteiger partial charge is 0.475 e. The second-order valence-corrected chi connectivity index (χ2v) is 25.0. The van der Waals surface area contributed by atoms with Gasteiger partial charge in [-0.05, 0) is 42.7 Å². The number of phosphoric ester groups is 1. The van der Waals surface area contributed by atoms with Gasteiger partial charge >= 0.3 is 25.9 Å². The lowest BCUT2D eigenvalue weighted by Crippen LogP contribution is -2.32. The van der Waals surface area contributed by atoms with E-state index in [0.717, 1.165) is 71.9 Å². The molecule has 2 unspecified atom stereocenters. The Morgan fingerprint density at radius 2 is 1.00 bits per heavy atom. The first-order chi connectivity index (χ1) is 45.1. The molecular formula is C71H112N5O15P. The van der Waals surface area contributed by atoms with Crippen molar-refractivity contribution in [3.05, 3.63) is 73.1 Å². The zero-order chi connectivity index (χ0) is 65.6. The van der Waals surface area contributed by atoms with Crippen LogP contribution < -0.4 is 15.4 Å². The SMILES string of the molecule is CCCCCCCCCCCCCCCCCC(=O)OCC(COP(=O)(O)OCCNC(=O)OCCOCC(=O)NCCOCCOCCOc1ncccc1-c1ccc(-c2cnc3ccccc3n2)cc1)OC(=O)CCCCCCCCCCCCCCCCC. The monoisotopic (exact) mass is 1310 g/mol. The Morgan fingerprint density at radius 3 is 1.60 bits per heavy atom. The minimum atomic E-state index is -4.69. The van der Waals surface area contributed by atoms with Crippen molar-refractivity contribution in [2.45, 2.75) is 225 Å². The van der Waals surface area contributed by atoms with Crippen molar-refractivity contribution in [3.63, 3.8) is 0 Å². The Morgan fingerprint density at radius 1 is 0.489 bits per heavy atom. The number of pyridine rings is 1. The third-order valence-electron chi connectivity index (χ3n) is 15.6. The molecule has 0 radical (unpaired) electrons. The van der Waals surface area contributed by atoms with E-state index < -0.39 is 45.2 Å². The van der Waals surface area contributed by atoms with Crippen LogP contribution in [0, 0.1) is 0 Å². The first-order valence-corrected chi connectivity index (χ1v) is 36.3. The van der Waals surface area contributed by atoms with Gasteiger partial charge in [0.2, 0.25) is 11.8 Å². The van der Waals surface area contributed by atoms with E-state index in [0.29, 0.717) is 38.5 Å².